The first-order valence-electron chi connectivity index (χ1n) is 6.53. The van der Waals surface area contributed by atoms with Crippen molar-refractivity contribution in [2.45, 2.75) is 38.6 Å². The molecule has 106 valence electrons. The minimum absolute atomic E-state index is 0.289. The maximum atomic E-state index is 11.6. The van der Waals surface area contributed by atoms with Crippen molar-refractivity contribution in [2.24, 2.45) is 11.1 Å². The zero-order valence-corrected chi connectivity index (χ0v) is 11.7. The molecule has 3 N–H and O–H groups in total. The molecule has 5 heteroatoms. The SMILES string of the molecule is COCC[C@@]1(C(=O)O)CCCN(CC(C)(C)N)C1. The number of nitrogens with zero attached hydrogens (tertiary/aromatic N) is 1. The Kier molecular flexibility index (Phi) is 5.13. The number of aliphatic carboxylic acids is 1. The number of piperidine rings is 1. The molecule has 0 aromatic rings. The van der Waals surface area contributed by atoms with Crippen LogP contribution in [0, 0.1) is 5.41 Å². The summed E-state index contributed by atoms with van der Waals surface area (Å²) in [6.07, 6.45) is 2.21. The van der Waals surface area contributed by atoms with E-state index < -0.39 is 11.4 Å². The van der Waals surface area contributed by atoms with Crippen molar-refractivity contribution in [2.75, 3.05) is 33.4 Å². The molecule has 18 heavy (non-hydrogen) atoms. The first-order valence-corrected chi connectivity index (χ1v) is 6.53. The van der Waals surface area contributed by atoms with Crippen LogP contribution in [0.1, 0.15) is 33.1 Å². The van der Waals surface area contributed by atoms with Crippen LogP contribution in [0.2, 0.25) is 0 Å². The van der Waals surface area contributed by atoms with Crippen LogP contribution >= 0.6 is 0 Å². The lowest BCUT2D eigenvalue weighted by Crippen LogP contribution is -2.53. The summed E-state index contributed by atoms with van der Waals surface area (Å²) in [7, 11) is 1.61. The quantitative estimate of drug-likeness (QED) is 0.741. The van der Waals surface area contributed by atoms with Crippen LogP contribution in [0.5, 0.6) is 0 Å². The lowest BCUT2D eigenvalue weighted by Gasteiger charge is -2.42. The van der Waals surface area contributed by atoms with Crippen molar-refractivity contribution in [3.05, 3.63) is 0 Å². The Morgan fingerprint density at radius 3 is 2.72 bits per heavy atom. The Hall–Kier alpha value is -0.650. The molecule has 0 aromatic heterocycles. The molecule has 1 atom stereocenters. The van der Waals surface area contributed by atoms with Gasteiger partial charge in [-0.3, -0.25) is 4.79 Å². The third kappa shape index (κ3) is 4.23. The lowest BCUT2D eigenvalue weighted by molar-refractivity contribution is -0.154. The number of carboxylic acid groups (broad SMARTS) is 1. The molecule has 0 amide bonds. The molecule has 0 aromatic carbocycles. The number of rotatable bonds is 6. The van der Waals surface area contributed by atoms with Crippen molar-refractivity contribution in [1.29, 1.82) is 0 Å². The number of ether oxygens (including phenoxy) is 1. The molecular formula is C13H26N2O3. The highest BCUT2D eigenvalue weighted by atomic mass is 16.5. The molecule has 1 saturated heterocycles. The van der Waals surface area contributed by atoms with Gasteiger partial charge in [-0.25, -0.2) is 0 Å². The number of hydrogen-bond donors (Lipinski definition) is 2. The van der Waals surface area contributed by atoms with E-state index in [1.165, 1.54) is 0 Å². The topological polar surface area (TPSA) is 75.8 Å². The molecule has 0 aliphatic carbocycles. The second kappa shape index (κ2) is 5.99. The number of likely N-dealkylation sites (tertiary alicyclic amines) is 1. The minimum atomic E-state index is -0.709. The lowest BCUT2D eigenvalue weighted by atomic mass is 9.77. The first kappa shape index (κ1) is 15.4. The van der Waals surface area contributed by atoms with Crippen molar-refractivity contribution in [3.63, 3.8) is 0 Å². The van der Waals surface area contributed by atoms with E-state index >= 15 is 0 Å². The number of nitrogens with two attached hydrogens (primary N) is 1. The molecule has 0 bridgehead atoms. The Morgan fingerprint density at radius 2 is 2.22 bits per heavy atom. The van der Waals surface area contributed by atoms with Gasteiger partial charge < -0.3 is 20.5 Å². The van der Waals surface area contributed by atoms with Crippen LogP contribution in [0.25, 0.3) is 0 Å². The fourth-order valence-corrected chi connectivity index (χ4v) is 2.72. The van der Waals surface area contributed by atoms with Crippen molar-refractivity contribution in [3.8, 4) is 0 Å². The highest BCUT2D eigenvalue weighted by Crippen LogP contribution is 2.34. The number of hydrogen-bond acceptors (Lipinski definition) is 4. The standard InChI is InChI=1S/C13H26N2O3/c1-12(2,14)9-15-7-4-5-13(10-15,11(16)17)6-8-18-3/h4-10,14H2,1-3H3,(H,16,17)/t13-/m0/s1. The van der Waals surface area contributed by atoms with Gasteiger partial charge in [0.15, 0.2) is 0 Å². The van der Waals surface area contributed by atoms with Crippen LogP contribution in [0.4, 0.5) is 0 Å². The van der Waals surface area contributed by atoms with Gasteiger partial charge in [0.25, 0.3) is 0 Å². The van der Waals surface area contributed by atoms with E-state index in [-0.39, 0.29) is 5.54 Å². The van der Waals surface area contributed by atoms with E-state index in [2.05, 4.69) is 4.90 Å². The van der Waals surface area contributed by atoms with E-state index in [4.69, 9.17) is 10.5 Å². The third-order valence-corrected chi connectivity index (χ3v) is 3.53. The second-order valence-corrected chi connectivity index (χ2v) is 6.13. The molecule has 0 radical (unpaired) electrons. The van der Waals surface area contributed by atoms with Gasteiger partial charge >= 0.3 is 5.97 Å². The molecule has 1 aliphatic heterocycles. The summed E-state index contributed by atoms with van der Waals surface area (Å²) >= 11 is 0. The number of carboxylic acids is 1. The summed E-state index contributed by atoms with van der Waals surface area (Å²) in [4.78, 5) is 13.8. The number of methoxy groups -OCH3 is 1. The fraction of sp³-hybridized carbons (Fsp3) is 0.923. The van der Waals surface area contributed by atoms with E-state index in [0.717, 1.165) is 25.9 Å². The Bertz CT molecular complexity index is 288. The highest BCUT2D eigenvalue weighted by Gasteiger charge is 2.42. The summed E-state index contributed by atoms with van der Waals surface area (Å²) in [5, 5.41) is 9.52. The van der Waals surface area contributed by atoms with Gasteiger partial charge in [-0.15, -0.1) is 0 Å². The zero-order chi connectivity index (χ0) is 13.8. The number of carbonyl (C=O) groups is 1. The van der Waals surface area contributed by atoms with Gasteiger partial charge in [0, 0.05) is 32.3 Å². The zero-order valence-electron chi connectivity index (χ0n) is 11.7. The molecule has 1 heterocycles. The van der Waals surface area contributed by atoms with Crippen LogP contribution in [0.3, 0.4) is 0 Å². The molecule has 0 unspecified atom stereocenters. The predicted molar refractivity (Wildman–Crippen MR) is 70.5 cm³/mol. The van der Waals surface area contributed by atoms with Crippen molar-refractivity contribution >= 4 is 5.97 Å². The first-order chi connectivity index (χ1) is 8.29. The van der Waals surface area contributed by atoms with Crippen molar-refractivity contribution < 1.29 is 14.6 Å². The average Bonchev–Trinajstić information content (AvgIpc) is 2.24. The summed E-state index contributed by atoms with van der Waals surface area (Å²) in [5.74, 6) is -0.709. The van der Waals surface area contributed by atoms with Crippen LogP contribution in [0.15, 0.2) is 0 Å². The molecular weight excluding hydrogens is 232 g/mol. The maximum absolute atomic E-state index is 11.6. The predicted octanol–water partition coefficient (Wildman–Crippen LogP) is 0.927. The summed E-state index contributed by atoms with van der Waals surface area (Å²) in [6.45, 7) is 6.68. The summed E-state index contributed by atoms with van der Waals surface area (Å²) in [5.41, 5.74) is 5.06. The molecule has 0 spiro atoms. The Balaban J connectivity index is 2.70. The largest absolute Gasteiger partial charge is 0.481 e. The van der Waals surface area contributed by atoms with Gasteiger partial charge in [-0.05, 0) is 39.7 Å². The summed E-state index contributed by atoms with van der Waals surface area (Å²) in [6, 6.07) is 0. The molecule has 1 aliphatic rings. The monoisotopic (exact) mass is 258 g/mol. The van der Waals surface area contributed by atoms with Crippen LogP contribution < -0.4 is 5.73 Å². The van der Waals surface area contributed by atoms with Gasteiger partial charge in [-0.2, -0.15) is 0 Å². The minimum Gasteiger partial charge on any atom is -0.481 e. The van der Waals surface area contributed by atoms with Gasteiger partial charge in [0.05, 0.1) is 5.41 Å². The third-order valence-electron chi connectivity index (χ3n) is 3.53. The average molecular weight is 258 g/mol. The van der Waals surface area contributed by atoms with E-state index in [9.17, 15) is 9.90 Å². The van der Waals surface area contributed by atoms with E-state index in [1.54, 1.807) is 7.11 Å². The molecule has 1 rings (SSSR count). The normalized spacial score (nSPS) is 26.2. The second-order valence-electron chi connectivity index (χ2n) is 6.13. The smallest absolute Gasteiger partial charge is 0.311 e. The Morgan fingerprint density at radius 1 is 1.56 bits per heavy atom. The molecule has 5 nitrogen and oxygen atoms in total. The fourth-order valence-electron chi connectivity index (χ4n) is 2.72. The van der Waals surface area contributed by atoms with Gasteiger partial charge in [0.1, 0.15) is 0 Å². The maximum Gasteiger partial charge on any atom is 0.311 e. The van der Waals surface area contributed by atoms with Gasteiger partial charge in [-0.1, -0.05) is 0 Å². The molecule has 0 saturated carbocycles. The van der Waals surface area contributed by atoms with E-state index in [1.807, 2.05) is 13.8 Å². The molecule has 1 fully saturated rings. The highest BCUT2D eigenvalue weighted by molar-refractivity contribution is 5.75. The van der Waals surface area contributed by atoms with Crippen molar-refractivity contribution in [1.82, 2.24) is 4.90 Å². The summed E-state index contributed by atoms with van der Waals surface area (Å²) < 4.78 is 5.05. The van der Waals surface area contributed by atoms with Gasteiger partial charge in [0.2, 0.25) is 0 Å². The van der Waals surface area contributed by atoms with Crippen LogP contribution in [-0.2, 0) is 9.53 Å². The van der Waals surface area contributed by atoms with Crippen LogP contribution in [-0.4, -0.2) is 54.9 Å². The Labute approximate surface area is 109 Å². The van der Waals surface area contributed by atoms with E-state index in [0.29, 0.717) is 19.6 Å².